The molecule has 0 aromatic carbocycles. The van der Waals surface area contributed by atoms with E-state index in [9.17, 15) is 5.11 Å². The average Bonchev–Trinajstić information content (AvgIpc) is 2.13. The highest BCUT2D eigenvalue weighted by Gasteiger charge is 2.27. The van der Waals surface area contributed by atoms with Gasteiger partial charge in [-0.25, -0.2) is 0 Å². The van der Waals surface area contributed by atoms with Crippen molar-refractivity contribution in [2.24, 2.45) is 5.41 Å². The molecule has 2 heteroatoms. The van der Waals surface area contributed by atoms with E-state index in [0.29, 0.717) is 12.6 Å². The monoisotopic (exact) mass is 229 g/mol. The Bertz CT molecular complexity index is 178. The first kappa shape index (κ1) is 15.9. The minimum absolute atomic E-state index is 0.249. The molecule has 2 N–H and O–H groups in total. The summed E-state index contributed by atoms with van der Waals surface area (Å²) in [6, 6.07) is 0.424. The van der Waals surface area contributed by atoms with Crippen molar-refractivity contribution in [1.82, 2.24) is 5.32 Å². The Hall–Kier alpha value is -0.0800. The SMILES string of the molecule is CCCC(O)(CCC)CNC(C)C(C)(C)C. The Morgan fingerprint density at radius 1 is 1.06 bits per heavy atom. The van der Waals surface area contributed by atoms with Gasteiger partial charge in [0.25, 0.3) is 0 Å². The highest BCUT2D eigenvalue weighted by atomic mass is 16.3. The van der Waals surface area contributed by atoms with Crippen LogP contribution in [-0.2, 0) is 0 Å². The van der Waals surface area contributed by atoms with Gasteiger partial charge in [0.1, 0.15) is 0 Å². The first-order valence-electron chi connectivity index (χ1n) is 6.71. The van der Waals surface area contributed by atoms with Crippen molar-refractivity contribution < 1.29 is 5.11 Å². The third-order valence-electron chi connectivity index (χ3n) is 3.47. The predicted octanol–water partition coefficient (Wildman–Crippen LogP) is 3.34. The molecule has 0 bridgehead atoms. The van der Waals surface area contributed by atoms with Crippen molar-refractivity contribution in [3.8, 4) is 0 Å². The summed E-state index contributed by atoms with van der Waals surface area (Å²) in [7, 11) is 0. The molecule has 0 rings (SSSR count). The fourth-order valence-electron chi connectivity index (χ4n) is 1.88. The van der Waals surface area contributed by atoms with E-state index in [1.165, 1.54) is 0 Å². The molecule has 0 aromatic rings. The second-order valence-corrected chi connectivity index (χ2v) is 6.19. The molecule has 0 saturated carbocycles. The summed E-state index contributed by atoms with van der Waals surface area (Å²) in [5.41, 5.74) is -0.262. The van der Waals surface area contributed by atoms with E-state index in [1.54, 1.807) is 0 Å². The molecular formula is C14H31NO. The van der Waals surface area contributed by atoms with Crippen LogP contribution in [0.15, 0.2) is 0 Å². The van der Waals surface area contributed by atoms with E-state index < -0.39 is 5.60 Å². The van der Waals surface area contributed by atoms with Gasteiger partial charge in [-0.15, -0.1) is 0 Å². The van der Waals surface area contributed by atoms with Gasteiger partial charge in [-0.05, 0) is 25.2 Å². The van der Waals surface area contributed by atoms with Crippen LogP contribution in [0.4, 0.5) is 0 Å². The zero-order valence-corrected chi connectivity index (χ0v) is 12.1. The maximum absolute atomic E-state index is 10.5. The van der Waals surface area contributed by atoms with Gasteiger partial charge in [-0.3, -0.25) is 0 Å². The maximum atomic E-state index is 10.5. The van der Waals surface area contributed by atoms with E-state index in [-0.39, 0.29) is 5.41 Å². The molecule has 0 fully saturated rings. The van der Waals surface area contributed by atoms with Gasteiger partial charge in [0.15, 0.2) is 0 Å². The summed E-state index contributed by atoms with van der Waals surface area (Å²) in [5.74, 6) is 0. The summed E-state index contributed by atoms with van der Waals surface area (Å²) in [5, 5.41) is 13.9. The van der Waals surface area contributed by atoms with Gasteiger partial charge in [-0.2, -0.15) is 0 Å². The smallest absolute Gasteiger partial charge is 0.0771 e. The molecule has 0 radical (unpaired) electrons. The Morgan fingerprint density at radius 2 is 1.50 bits per heavy atom. The van der Waals surface area contributed by atoms with Gasteiger partial charge in [0.2, 0.25) is 0 Å². The van der Waals surface area contributed by atoms with Gasteiger partial charge in [-0.1, -0.05) is 47.5 Å². The maximum Gasteiger partial charge on any atom is 0.0771 e. The summed E-state index contributed by atoms with van der Waals surface area (Å²) in [6.07, 6.45) is 3.87. The third-order valence-corrected chi connectivity index (χ3v) is 3.47. The number of rotatable bonds is 7. The second-order valence-electron chi connectivity index (χ2n) is 6.19. The minimum atomic E-state index is -0.511. The highest BCUT2D eigenvalue weighted by Crippen LogP contribution is 2.22. The fraction of sp³-hybridized carbons (Fsp3) is 1.00. The van der Waals surface area contributed by atoms with E-state index in [0.717, 1.165) is 25.7 Å². The first-order valence-corrected chi connectivity index (χ1v) is 6.71. The molecule has 0 aromatic heterocycles. The lowest BCUT2D eigenvalue weighted by Crippen LogP contribution is -2.47. The van der Waals surface area contributed by atoms with Gasteiger partial charge in [0, 0.05) is 12.6 Å². The Morgan fingerprint density at radius 3 is 1.81 bits per heavy atom. The largest absolute Gasteiger partial charge is 0.389 e. The Balaban J connectivity index is 4.21. The van der Waals surface area contributed by atoms with Crippen LogP contribution in [0.25, 0.3) is 0 Å². The van der Waals surface area contributed by atoms with E-state index >= 15 is 0 Å². The number of aliphatic hydroxyl groups is 1. The lowest BCUT2D eigenvalue weighted by molar-refractivity contribution is 0.0162. The highest BCUT2D eigenvalue weighted by molar-refractivity contribution is 4.84. The third kappa shape index (κ3) is 5.86. The Labute approximate surface area is 102 Å². The van der Waals surface area contributed by atoms with Crippen LogP contribution in [0.5, 0.6) is 0 Å². The normalized spacial score (nSPS) is 15.2. The summed E-state index contributed by atoms with van der Waals surface area (Å²) < 4.78 is 0. The molecule has 2 nitrogen and oxygen atoms in total. The molecule has 0 amide bonds. The summed E-state index contributed by atoms with van der Waals surface area (Å²) >= 11 is 0. The van der Waals surface area contributed by atoms with E-state index in [1.807, 2.05) is 0 Å². The molecule has 0 heterocycles. The van der Waals surface area contributed by atoms with Gasteiger partial charge in [0.05, 0.1) is 5.60 Å². The van der Waals surface area contributed by atoms with Crippen molar-refractivity contribution in [1.29, 1.82) is 0 Å². The van der Waals surface area contributed by atoms with Gasteiger partial charge < -0.3 is 10.4 Å². The van der Waals surface area contributed by atoms with Crippen LogP contribution >= 0.6 is 0 Å². The van der Waals surface area contributed by atoms with E-state index in [4.69, 9.17) is 0 Å². The molecule has 1 atom stereocenters. The quantitative estimate of drug-likeness (QED) is 0.702. The van der Waals surface area contributed by atoms with Crippen molar-refractivity contribution in [2.75, 3.05) is 6.54 Å². The van der Waals surface area contributed by atoms with Crippen LogP contribution in [-0.4, -0.2) is 23.3 Å². The standard InChI is InChI=1S/C14H31NO/c1-7-9-14(16,10-8-2)11-15-12(3)13(4,5)6/h12,15-16H,7-11H2,1-6H3. The van der Waals surface area contributed by atoms with Crippen LogP contribution in [0, 0.1) is 5.41 Å². The van der Waals surface area contributed by atoms with Crippen molar-refractivity contribution >= 4 is 0 Å². The molecule has 0 aliphatic rings. The van der Waals surface area contributed by atoms with Crippen LogP contribution in [0.3, 0.4) is 0 Å². The average molecular weight is 229 g/mol. The number of hydrogen-bond donors (Lipinski definition) is 2. The topological polar surface area (TPSA) is 32.3 Å². The molecule has 0 spiro atoms. The number of nitrogens with one attached hydrogen (secondary N) is 1. The van der Waals surface area contributed by atoms with Crippen LogP contribution in [0.1, 0.15) is 67.2 Å². The molecular weight excluding hydrogens is 198 g/mol. The van der Waals surface area contributed by atoms with Crippen molar-refractivity contribution in [2.45, 2.75) is 78.9 Å². The lowest BCUT2D eigenvalue weighted by atomic mass is 9.86. The van der Waals surface area contributed by atoms with Crippen LogP contribution < -0.4 is 5.32 Å². The zero-order valence-electron chi connectivity index (χ0n) is 12.1. The van der Waals surface area contributed by atoms with Crippen molar-refractivity contribution in [3.05, 3.63) is 0 Å². The van der Waals surface area contributed by atoms with Gasteiger partial charge >= 0.3 is 0 Å². The molecule has 16 heavy (non-hydrogen) atoms. The predicted molar refractivity (Wildman–Crippen MR) is 71.7 cm³/mol. The first-order chi connectivity index (χ1) is 7.25. The molecule has 0 aliphatic carbocycles. The van der Waals surface area contributed by atoms with Crippen LogP contribution in [0.2, 0.25) is 0 Å². The fourth-order valence-corrected chi connectivity index (χ4v) is 1.88. The molecule has 98 valence electrons. The Kier molecular flexibility index (Phi) is 6.57. The van der Waals surface area contributed by atoms with E-state index in [2.05, 4.69) is 46.9 Å². The number of hydrogen-bond acceptors (Lipinski definition) is 2. The summed E-state index contributed by atoms with van der Waals surface area (Å²) in [4.78, 5) is 0. The zero-order chi connectivity index (χ0) is 12.8. The lowest BCUT2D eigenvalue weighted by Gasteiger charge is -2.34. The molecule has 0 aliphatic heterocycles. The second kappa shape index (κ2) is 6.61. The minimum Gasteiger partial charge on any atom is -0.389 e. The molecule has 0 saturated heterocycles. The summed E-state index contributed by atoms with van der Waals surface area (Å²) in [6.45, 7) is 13.9. The molecule has 1 unspecified atom stereocenters. The van der Waals surface area contributed by atoms with Crippen molar-refractivity contribution in [3.63, 3.8) is 0 Å².